The van der Waals surface area contributed by atoms with Gasteiger partial charge in [0, 0.05) is 0 Å². The summed E-state index contributed by atoms with van der Waals surface area (Å²) in [6.45, 7) is 0.598. The highest BCUT2D eigenvalue weighted by Crippen LogP contribution is 2.41. The number of nitrogens with zero attached hydrogens (tertiary/aromatic N) is 3. The van der Waals surface area contributed by atoms with E-state index in [0.29, 0.717) is 0 Å². The van der Waals surface area contributed by atoms with Gasteiger partial charge in [-0.25, -0.2) is 9.37 Å². The minimum atomic E-state index is -2.19. The van der Waals surface area contributed by atoms with Crippen LogP contribution >= 0.6 is 0 Å². The Labute approximate surface area is 117 Å². The minimum absolute atomic E-state index is 0.0226. The second-order valence-electron chi connectivity index (χ2n) is 5.08. The van der Waals surface area contributed by atoms with Crippen LogP contribution < -0.4 is 11.3 Å². The van der Waals surface area contributed by atoms with Gasteiger partial charge in [-0.1, -0.05) is 0 Å². The van der Waals surface area contributed by atoms with Crippen molar-refractivity contribution in [2.45, 2.75) is 31.0 Å². The summed E-state index contributed by atoms with van der Waals surface area (Å²) in [5.74, 6) is -0.146. The first-order valence-corrected chi connectivity index (χ1v) is 6.22. The lowest BCUT2D eigenvalue weighted by Crippen LogP contribution is -2.40. The van der Waals surface area contributed by atoms with Crippen LogP contribution in [0.15, 0.2) is 11.1 Å². The Morgan fingerprint density at radius 1 is 1.67 bits per heavy atom. The predicted molar refractivity (Wildman–Crippen MR) is 69.1 cm³/mol. The van der Waals surface area contributed by atoms with E-state index in [9.17, 15) is 14.3 Å². The van der Waals surface area contributed by atoms with Gasteiger partial charge < -0.3 is 20.7 Å². The van der Waals surface area contributed by atoms with Crippen molar-refractivity contribution < 1.29 is 19.3 Å². The fraction of sp³-hybridized carbons (Fsp3) is 0.545. The highest BCUT2D eigenvalue weighted by atomic mass is 19.1. The summed E-state index contributed by atoms with van der Waals surface area (Å²) >= 11 is 0. The Morgan fingerprint density at radius 3 is 3.00 bits per heavy atom. The largest absolute Gasteiger partial charge is 0.394 e. The maximum Gasteiger partial charge on any atom is 0.280 e. The SMILES string of the molecule is C[C@@]1(F)[C@H](O)[C@@H](CO)O[C@H]1n1cnc2c(=O)[nH]c(N)nc21. The summed E-state index contributed by atoms with van der Waals surface area (Å²) in [7, 11) is 0. The van der Waals surface area contributed by atoms with Crippen LogP contribution in [0.2, 0.25) is 0 Å². The number of nitrogens with two attached hydrogens (primary N) is 1. The molecule has 10 heteroatoms. The number of aliphatic hydroxyl groups excluding tert-OH is 2. The number of halogens is 1. The highest BCUT2D eigenvalue weighted by molar-refractivity contribution is 5.70. The van der Waals surface area contributed by atoms with E-state index in [-0.39, 0.29) is 17.1 Å². The monoisotopic (exact) mass is 299 g/mol. The normalized spacial score (nSPS) is 32.9. The zero-order valence-corrected chi connectivity index (χ0v) is 11.0. The van der Waals surface area contributed by atoms with E-state index in [0.717, 1.165) is 6.92 Å². The maximum absolute atomic E-state index is 14.7. The number of anilines is 1. The van der Waals surface area contributed by atoms with E-state index in [1.54, 1.807) is 0 Å². The van der Waals surface area contributed by atoms with Crippen LogP contribution in [0.5, 0.6) is 0 Å². The molecule has 2 aromatic rings. The molecule has 0 radical (unpaired) electrons. The lowest BCUT2D eigenvalue weighted by Gasteiger charge is -2.24. The van der Waals surface area contributed by atoms with Crippen molar-refractivity contribution >= 4 is 17.1 Å². The first kappa shape index (κ1) is 13.9. The summed E-state index contributed by atoms with van der Waals surface area (Å²) < 4.78 is 21.2. The van der Waals surface area contributed by atoms with Gasteiger partial charge in [-0.05, 0) is 6.92 Å². The first-order chi connectivity index (χ1) is 9.86. The predicted octanol–water partition coefficient (Wildman–Crippen LogP) is -1.32. The summed E-state index contributed by atoms with van der Waals surface area (Å²) in [5, 5.41) is 19.0. The van der Waals surface area contributed by atoms with E-state index in [2.05, 4.69) is 15.0 Å². The molecule has 1 aliphatic rings. The number of ether oxygens (including phenoxy) is 1. The van der Waals surface area contributed by atoms with Gasteiger partial charge in [0.25, 0.3) is 5.56 Å². The van der Waals surface area contributed by atoms with Crippen LogP contribution in [0.3, 0.4) is 0 Å². The topological polar surface area (TPSA) is 139 Å². The number of aromatic amines is 1. The highest BCUT2D eigenvalue weighted by Gasteiger charge is 2.55. The fourth-order valence-corrected chi connectivity index (χ4v) is 2.48. The molecular weight excluding hydrogens is 285 g/mol. The van der Waals surface area contributed by atoms with Gasteiger partial charge in [0.15, 0.2) is 23.1 Å². The molecule has 3 rings (SSSR count). The third-order valence-electron chi connectivity index (χ3n) is 3.60. The quantitative estimate of drug-likeness (QED) is 0.539. The Balaban J connectivity index is 2.15. The molecule has 0 saturated carbocycles. The van der Waals surface area contributed by atoms with Gasteiger partial charge >= 0.3 is 0 Å². The molecule has 114 valence electrons. The zero-order valence-electron chi connectivity index (χ0n) is 11.0. The average Bonchev–Trinajstić information content (AvgIpc) is 2.91. The number of imidazole rings is 1. The van der Waals surface area contributed by atoms with E-state index < -0.39 is 36.3 Å². The molecule has 3 heterocycles. The number of nitrogen functional groups attached to an aromatic ring is 1. The molecule has 1 saturated heterocycles. The van der Waals surface area contributed by atoms with Crippen LogP contribution in [-0.4, -0.2) is 54.2 Å². The van der Waals surface area contributed by atoms with Crippen LogP contribution in [0, 0.1) is 0 Å². The van der Waals surface area contributed by atoms with Crippen LogP contribution in [0.4, 0.5) is 10.3 Å². The number of hydrogen-bond donors (Lipinski definition) is 4. The summed E-state index contributed by atoms with van der Waals surface area (Å²) in [5.41, 5.74) is 2.73. The molecule has 0 spiro atoms. The van der Waals surface area contributed by atoms with Crippen LogP contribution in [0.1, 0.15) is 13.2 Å². The lowest BCUT2D eigenvalue weighted by atomic mass is 9.99. The number of H-pyrrole nitrogens is 1. The molecule has 1 fully saturated rings. The Hall–Kier alpha value is -2.04. The first-order valence-electron chi connectivity index (χ1n) is 6.22. The summed E-state index contributed by atoms with van der Waals surface area (Å²) in [6, 6.07) is 0. The van der Waals surface area contributed by atoms with Crippen molar-refractivity contribution in [3.05, 3.63) is 16.7 Å². The molecule has 1 aliphatic heterocycles. The third-order valence-corrected chi connectivity index (χ3v) is 3.60. The second kappa shape index (κ2) is 4.48. The molecule has 0 unspecified atom stereocenters. The van der Waals surface area contributed by atoms with Crippen molar-refractivity contribution in [1.82, 2.24) is 19.5 Å². The summed E-state index contributed by atoms with van der Waals surface area (Å²) in [4.78, 5) is 21.7. The molecule has 0 bridgehead atoms. The van der Waals surface area contributed by atoms with E-state index >= 15 is 0 Å². The number of aromatic nitrogens is 4. The van der Waals surface area contributed by atoms with Crippen LogP contribution in [-0.2, 0) is 4.74 Å². The van der Waals surface area contributed by atoms with E-state index in [4.69, 9.17) is 15.6 Å². The molecule has 0 aliphatic carbocycles. The average molecular weight is 299 g/mol. The van der Waals surface area contributed by atoms with Gasteiger partial charge in [-0.3, -0.25) is 14.3 Å². The molecule has 2 aromatic heterocycles. The maximum atomic E-state index is 14.7. The smallest absolute Gasteiger partial charge is 0.280 e. The minimum Gasteiger partial charge on any atom is -0.394 e. The van der Waals surface area contributed by atoms with Gasteiger partial charge in [0.1, 0.15) is 12.2 Å². The molecule has 9 nitrogen and oxygen atoms in total. The van der Waals surface area contributed by atoms with Gasteiger partial charge in [0.05, 0.1) is 12.9 Å². The number of alkyl halides is 1. The standard InChI is InChI=1S/C11H14FN5O4/c1-11(12)6(19)4(2-18)21-9(11)17-3-14-5-7(17)15-10(13)16-8(5)20/h3-4,6,9,18-19H,2H2,1H3,(H3,13,15,16,20)/t4-,6-,9-,11-/m1/s1. The fourth-order valence-electron chi connectivity index (χ4n) is 2.48. The number of rotatable bonds is 2. The molecule has 21 heavy (non-hydrogen) atoms. The second-order valence-corrected chi connectivity index (χ2v) is 5.08. The number of fused-ring (bicyclic) bond motifs is 1. The molecule has 0 aromatic carbocycles. The van der Waals surface area contributed by atoms with Gasteiger partial charge in [-0.2, -0.15) is 4.98 Å². The molecular formula is C11H14FN5O4. The Morgan fingerprint density at radius 2 is 2.38 bits per heavy atom. The number of aliphatic hydroxyl groups is 2. The molecule has 4 atom stereocenters. The Bertz CT molecular complexity index is 742. The van der Waals surface area contributed by atoms with Gasteiger partial charge in [0.2, 0.25) is 5.95 Å². The van der Waals surface area contributed by atoms with Crippen molar-refractivity contribution in [2.75, 3.05) is 12.3 Å². The zero-order chi connectivity index (χ0) is 15.4. The number of nitrogens with one attached hydrogen (secondary N) is 1. The van der Waals surface area contributed by atoms with E-state index in [1.807, 2.05) is 0 Å². The third kappa shape index (κ3) is 1.91. The van der Waals surface area contributed by atoms with Crippen molar-refractivity contribution in [3.63, 3.8) is 0 Å². The van der Waals surface area contributed by atoms with Crippen molar-refractivity contribution in [3.8, 4) is 0 Å². The molecule has 0 amide bonds. The Kier molecular flexibility index (Phi) is 2.97. The summed E-state index contributed by atoms with van der Waals surface area (Å²) in [6.07, 6.45) is -2.71. The van der Waals surface area contributed by atoms with Crippen molar-refractivity contribution in [2.24, 2.45) is 0 Å². The van der Waals surface area contributed by atoms with Crippen molar-refractivity contribution in [1.29, 1.82) is 0 Å². The van der Waals surface area contributed by atoms with E-state index in [1.165, 1.54) is 10.9 Å². The van der Waals surface area contributed by atoms with Crippen LogP contribution in [0.25, 0.3) is 11.2 Å². The number of hydrogen-bond acceptors (Lipinski definition) is 7. The molecule has 5 N–H and O–H groups in total. The van der Waals surface area contributed by atoms with Gasteiger partial charge in [-0.15, -0.1) is 0 Å². The lowest BCUT2D eigenvalue weighted by molar-refractivity contribution is -0.0566.